The van der Waals surface area contributed by atoms with Crippen molar-refractivity contribution in [3.63, 3.8) is 0 Å². The molecule has 0 saturated carbocycles. The second-order valence-corrected chi connectivity index (χ2v) is 22.5. The van der Waals surface area contributed by atoms with E-state index in [1.165, 1.54) is 19.8 Å². The van der Waals surface area contributed by atoms with Crippen molar-refractivity contribution in [2.24, 2.45) is 0 Å². The van der Waals surface area contributed by atoms with Crippen LogP contribution >= 0.6 is 23.5 Å². The van der Waals surface area contributed by atoms with Crippen molar-refractivity contribution in [1.82, 2.24) is 0 Å². The fourth-order valence-corrected chi connectivity index (χ4v) is 34.7. The summed E-state index contributed by atoms with van der Waals surface area (Å²) in [4.78, 5) is 0. The maximum atomic E-state index is 2.19. The molecular weight excluding hydrogens is 349 g/mol. The van der Waals surface area contributed by atoms with Crippen molar-refractivity contribution in [1.29, 1.82) is 0 Å². The van der Waals surface area contributed by atoms with Gasteiger partial charge in [0.05, 0.1) is 0 Å². The average Bonchev–Trinajstić information content (AvgIpc) is 2.57. The van der Waals surface area contributed by atoms with Gasteiger partial charge in [-0.05, 0) is 0 Å². The molecule has 52 valence electrons. The summed E-state index contributed by atoms with van der Waals surface area (Å²) >= 11 is 7.70. The van der Waals surface area contributed by atoms with Gasteiger partial charge in [-0.25, -0.2) is 0 Å². The van der Waals surface area contributed by atoms with Crippen LogP contribution in [0, 0.1) is 0 Å². The Hall–Kier alpha value is 2.26. The van der Waals surface area contributed by atoms with Crippen molar-refractivity contribution < 1.29 is 0 Å². The number of hydrogen-bond donors (Lipinski definition) is 0. The molecule has 0 aromatic carbocycles. The van der Waals surface area contributed by atoms with Gasteiger partial charge in [-0.3, -0.25) is 0 Å². The normalized spacial score (nSPS) is 38.7. The average molecular weight is 355 g/mol. The molecule has 0 spiro atoms. The first-order valence-electron chi connectivity index (χ1n) is 2.67. The van der Waals surface area contributed by atoms with E-state index in [0.717, 1.165) is 37.6 Å². The van der Waals surface area contributed by atoms with Crippen LogP contribution in [0.5, 0.6) is 0 Å². The van der Waals surface area contributed by atoms with Crippen LogP contribution in [-0.2, 0) is 0 Å². The Labute approximate surface area is 80.0 Å². The summed E-state index contributed by atoms with van der Waals surface area (Å²) in [6.07, 6.45) is 0. The molecule has 0 radical (unpaired) electrons. The molecule has 0 aliphatic carbocycles. The van der Waals surface area contributed by atoms with E-state index in [2.05, 4.69) is 23.5 Å². The van der Waals surface area contributed by atoms with Gasteiger partial charge in [0.2, 0.25) is 0 Å². The fourth-order valence-electron chi connectivity index (χ4n) is 0.300. The molecule has 9 heavy (non-hydrogen) atoms. The summed E-state index contributed by atoms with van der Waals surface area (Å²) in [7, 11) is 0. The molecule has 2 unspecified atom stereocenters. The van der Waals surface area contributed by atoms with E-state index in [1.807, 2.05) is 0 Å². The molecule has 2 atom stereocenters. The Balaban J connectivity index is 1.46. The summed E-state index contributed by atoms with van der Waals surface area (Å²) in [6, 6.07) is 0. The topological polar surface area (TPSA) is 0 Å². The van der Waals surface area contributed by atoms with Crippen LogP contribution in [0.1, 0.15) is 0 Å². The molecule has 2 aliphatic heterocycles. The van der Waals surface area contributed by atoms with Gasteiger partial charge >= 0.3 is 80.9 Å². The molecule has 2 fully saturated rings. The van der Waals surface area contributed by atoms with Crippen molar-refractivity contribution in [3.05, 3.63) is 0 Å². The third-order valence-electron chi connectivity index (χ3n) is 0.899. The van der Waals surface area contributed by atoms with Crippen LogP contribution in [-0.4, -0.2) is 57.4 Å². The predicted molar refractivity (Wildman–Crippen MR) is 49.8 cm³/mol. The van der Waals surface area contributed by atoms with Gasteiger partial charge in [0.1, 0.15) is 0 Å². The van der Waals surface area contributed by atoms with E-state index < -0.39 is 0 Å². The Morgan fingerprint density at radius 2 is 1.44 bits per heavy atom. The SMILES string of the molecule is C1SC1[Se][Se][Se]C1CS1. The predicted octanol–water partition coefficient (Wildman–Crippen LogP) is 0.0748. The second-order valence-electron chi connectivity index (χ2n) is 1.79. The standard InChI is InChI=1S/C4H6S2Se3/c1-3(5-1)7-9-8-4-2-6-4/h3-4H,1-2H2. The molecule has 5 heteroatoms. The zero-order chi connectivity index (χ0) is 6.10. The monoisotopic (exact) mass is 358 g/mol. The van der Waals surface area contributed by atoms with Crippen molar-refractivity contribution in [3.8, 4) is 0 Å². The Morgan fingerprint density at radius 3 is 1.78 bits per heavy atom. The minimum atomic E-state index is 1.10. The second kappa shape index (κ2) is 3.78. The zero-order valence-electron chi connectivity index (χ0n) is 4.61. The van der Waals surface area contributed by atoms with Crippen LogP contribution < -0.4 is 0 Å². The molecule has 0 N–H and O–H groups in total. The fraction of sp³-hybridized carbons (Fsp3) is 1.00. The van der Waals surface area contributed by atoms with E-state index in [-0.39, 0.29) is 0 Å². The van der Waals surface area contributed by atoms with Crippen LogP contribution in [0.3, 0.4) is 0 Å². The molecule has 2 aliphatic rings. The molecule has 0 bridgehead atoms. The van der Waals surface area contributed by atoms with Crippen molar-refractivity contribution in [2.75, 3.05) is 11.5 Å². The molecule has 0 amide bonds. The molecule has 0 aromatic rings. The van der Waals surface area contributed by atoms with Crippen LogP contribution in [0.4, 0.5) is 0 Å². The van der Waals surface area contributed by atoms with E-state index >= 15 is 0 Å². The van der Waals surface area contributed by atoms with Crippen LogP contribution in [0.2, 0.25) is 0 Å². The van der Waals surface area contributed by atoms with Gasteiger partial charge < -0.3 is 0 Å². The van der Waals surface area contributed by atoms with Crippen molar-refractivity contribution >= 4 is 61.1 Å². The Bertz CT molecular complexity index is 90.0. The van der Waals surface area contributed by atoms with E-state index in [1.54, 1.807) is 0 Å². The maximum absolute atomic E-state index is 2.19. The van der Waals surface area contributed by atoms with Crippen LogP contribution in [0.15, 0.2) is 0 Å². The van der Waals surface area contributed by atoms with E-state index in [4.69, 9.17) is 0 Å². The summed E-state index contributed by atoms with van der Waals surface area (Å²) in [5, 5.41) is 0. The summed E-state index contributed by atoms with van der Waals surface area (Å²) in [5.74, 6) is 3.02. The van der Waals surface area contributed by atoms with E-state index in [9.17, 15) is 0 Å². The molecule has 0 nitrogen and oxygen atoms in total. The third-order valence-corrected chi connectivity index (χ3v) is 26.3. The van der Waals surface area contributed by atoms with Crippen LogP contribution in [0.25, 0.3) is 0 Å². The molecule has 2 heterocycles. The first kappa shape index (κ1) is 7.88. The Kier molecular flexibility index (Phi) is 3.31. The molecule has 0 aromatic heterocycles. The number of hydrogen-bond acceptors (Lipinski definition) is 2. The minimum absolute atomic E-state index is 1.10. The first-order valence-corrected chi connectivity index (χ1v) is 15.4. The van der Waals surface area contributed by atoms with Gasteiger partial charge in [-0.15, -0.1) is 0 Å². The number of rotatable bonds is 4. The van der Waals surface area contributed by atoms with Crippen molar-refractivity contribution in [2.45, 2.75) is 8.30 Å². The quantitative estimate of drug-likeness (QED) is 0.518. The van der Waals surface area contributed by atoms with E-state index in [0.29, 0.717) is 0 Å². The number of thioether (sulfide) groups is 2. The van der Waals surface area contributed by atoms with Gasteiger partial charge in [0.15, 0.2) is 0 Å². The van der Waals surface area contributed by atoms with Gasteiger partial charge in [-0.1, -0.05) is 0 Å². The Morgan fingerprint density at radius 1 is 1.00 bits per heavy atom. The summed E-state index contributed by atoms with van der Waals surface area (Å²) in [6.45, 7) is 0. The summed E-state index contributed by atoms with van der Waals surface area (Å²) in [5.41, 5.74) is 0. The third kappa shape index (κ3) is 3.44. The first-order chi connectivity index (χ1) is 4.45. The molecular formula is C4H6S2Se3. The van der Waals surface area contributed by atoms with Gasteiger partial charge in [0, 0.05) is 0 Å². The molecule has 2 saturated heterocycles. The van der Waals surface area contributed by atoms with Gasteiger partial charge in [-0.2, -0.15) is 0 Å². The summed E-state index contributed by atoms with van der Waals surface area (Å²) < 4.78 is 2.37. The molecule has 2 rings (SSSR count). The zero-order valence-corrected chi connectivity index (χ0v) is 11.4. The van der Waals surface area contributed by atoms with Gasteiger partial charge in [0.25, 0.3) is 0 Å².